The minimum Gasteiger partial charge on any atom is -0.480 e. The fourth-order valence-electron chi connectivity index (χ4n) is 4.24. The van der Waals surface area contributed by atoms with Gasteiger partial charge in [-0.2, -0.15) is 10.1 Å². The van der Waals surface area contributed by atoms with Crippen molar-refractivity contribution in [3.63, 3.8) is 0 Å². The molecule has 4 heterocycles. The SMILES string of the molecule is Clc1ccc2c(c1)C1=C([C@H](c3cccc(Br)c3)O2)[C@H](c2cccnc2)n2ncnc2N1. The number of fused-ring (bicyclic) bond motifs is 3. The smallest absolute Gasteiger partial charge is 0.226 e. The van der Waals surface area contributed by atoms with E-state index in [1.54, 1.807) is 12.5 Å². The summed E-state index contributed by atoms with van der Waals surface area (Å²) in [5.41, 5.74) is 4.89. The number of hydrogen-bond acceptors (Lipinski definition) is 5. The number of benzene rings is 2. The molecule has 6 rings (SSSR count). The number of nitrogens with one attached hydrogen (secondary N) is 1. The fraction of sp³-hybridized carbons (Fsp3) is 0.0870. The quantitative estimate of drug-likeness (QED) is 0.392. The van der Waals surface area contributed by atoms with Crippen LogP contribution >= 0.6 is 27.5 Å². The molecule has 6 nitrogen and oxygen atoms in total. The van der Waals surface area contributed by atoms with Crippen LogP contribution in [0, 0.1) is 0 Å². The van der Waals surface area contributed by atoms with Crippen LogP contribution in [0.2, 0.25) is 5.02 Å². The molecular weight excluding hydrogens is 478 g/mol. The molecule has 0 bridgehead atoms. The molecule has 0 spiro atoms. The zero-order valence-corrected chi connectivity index (χ0v) is 18.4. The van der Waals surface area contributed by atoms with Crippen molar-refractivity contribution in [3.8, 4) is 5.75 Å². The van der Waals surface area contributed by atoms with Crippen molar-refractivity contribution in [2.24, 2.45) is 0 Å². The van der Waals surface area contributed by atoms with Crippen molar-refractivity contribution in [1.82, 2.24) is 19.7 Å². The molecule has 2 aliphatic rings. The fourth-order valence-corrected chi connectivity index (χ4v) is 4.83. The molecule has 0 saturated heterocycles. The van der Waals surface area contributed by atoms with Crippen molar-refractivity contribution >= 4 is 39.2 Å². The lowest BCUT2D eigenvalue weighted by molar-refractivity contribution is 0.223. The summed E-state index contributed by atoms with van der Waals surface area (Å²) in [5.74, 6) is 1.42. The van der Waals surface area contributed by atoms with E-state index in [1.807, 2.05) is 53.3 Å². The Morgan fingerprint density at radius 3 is 2.81 bits per heavy atom. The summed E-state index contributed by atoms with van der Waals surface area (Å²) in [6, 6.07) is 17.6. The molecule has 1 N–H and O–H groups in total. The lowest BCUT2D eigenvalue weighted by Gasteiger charge is -2.38. The van der Waals surface area contributed by atoms with E-state index in [9.17, 15) is 0 Å². The predicted molar refractivity (Wildman–Crippen MR) is 122 cm³/mol. The zero-order chi connectivity index (χ0) is 20.9. The van der Waals surface area contributed by atoms with Gasteiger partial charge in [0, 0.05) is 33.0 Å². The number of nitrogens with zero attached hydrogens (tertiary/aromatic N) is 4. The van der Waals surface area contributed by atoms with Gasteiger partial charge in [0.05, 0.1) is 5.70 Å². The van der Waals surface area contributed by atoms with Crippen LogP contribution < -0.4 is 10.1 Å². The number of pyridine rings is 1. The highest BCUT2D eigenvalue weighted by Crippen LogP contribution is 2.51. The molecule has 8 heteroatoms. The van der Waals surface area contributed by atoms with Crippen LogP contribution in [0.15, 0.2) is 83.4 Å². The molecule has 0 fully saturated rings. The van der Waals surface area contributed by atoms with E-state index in [4.69, 9.17) is 16.3 Å². The molecule has 2 aromatic carbocycles. The molecular formula is C23H15BrClN5O. The van der Waals surface area contributed by atoms with Crippen LogP contribution in [0.25, 0.3) is 5.70 Å². The van der Waals surface area contributed by atoms with Crippen LogP contribution in [0.1, 0.15) is 28.8 Å². The van der Waals surface area contributed by atoms with Crippen LogP contribution in [0.4, 0.5) is 5.95 Å². The standard InChI is InChI=1S/C23H15BrClN5O/c24-15-5-1-3-13(9-15)22-19-20(17-10-16(25)6-7-18(17)31-22)29-23-27-12-28-30(23)21(19)14-4-2-8-26-11-14/h1-12,21-22H,(H,27,28,29)/t21-,22-/m0/s1. The molecule has 0 radical (unpaired) electrons. The summed E-state index contributed by atoms with van der Waals surface area (Å²) in [7, 11) is 0. The van der Waals surface area contributed by atoms with Crippen molar-refractivity contribution in [3.05, 3.63) is 105 Å². The highest BCUT2D eigenvalue weighted by molar-refractivity contribution is 9.10. The van der Waals surface area contributed by atoms with Gasteiger partial charge >= 0.3 is 0 Å². The lowest BCUT2D eigenvalue weighted by atomic mass is 9.85. The van der Waals surface area contributed by atoms with Crippen molar-refractivity contribution < 1.29 is 4.74 Å². The van der Waals surface area contributed by atoms with E-state index < -0.39 is 0 Å². The second-order valence-electron chi connectivity index (χ2n) is 7.37. The largest absolute Gasteiger partial charge is 0.480 e. The topological polar surface area (TPSA) is 64.9 Å². The van der Waals surface area contributed by atoms with Crippen molar-refractivity contribution in [1.29, 1.82) is 0 Å². The molecule has 31 heavy (non-hydrogen) atoms. The van der Waals surface area contributed by atoms with E-state index in [2.05, 4.69) is 48.4 Å². The van der Waals surface area contributed by atoms with E-state index in [-0.39, 0.29) is 12.1 Å². The Morgan fingerprint density at radius 2 is 1.97 bits per heavy atom. The third-order valence-electron chi connectivity index (χ3n) is 5.53. The van der Waals surface area contributed by atoms with Gasteiger partial charge in [0.1, 0.15) is 24.2 Å². The first-order valence-corrected chi connectivity index (χ1v) is 10.9. The summed E-state index contributed by atoms with van der Waals surface area (Å²) in [5, 5.41) is 8.63. The maximum Gasteiger partial charge on any atom is 0.226 e. The van der Waals surface area contributed by atoms with E-state index in [0.29, 0.717) is 11.0 Å². The summed E-state index contributed by atoms with van der Waals surface area (Å²) >= 11 is 9.95. The average Bonchev–Trinajstić information content (AvgIpc) is 3.26. The molecule has 152 valence electrons. The normalized spacial score (nSPS) is 19.0. The van der Waals surface area contributed by atoms with Crippen LogP contribution in [-0.2, 0) is 0 Å². The van der Waals surface area contributed by atoms with Crippen LogP contribution in [0.3, 0.4) is 0 Å². The van der Waals surface area contributed by atoms with Gasteiger partial charge in [0.15, 0.2) is 0 Å². The van der Waals surface area contributed by atoms with Crippen molar-refractivity contribution in [2.75, 3.05) is 5.32 Å². The van der Waals surface area contributed by atoms with Gasteiger partial charge in [-0.15, -0.1) is 0 Å². The summed E-state index contributed by atoms with van der Waals surface area (Å²) in [6.45, 7) is 0. The summed E-state index contributed by atoms with van der Waals surface area (Å²) in [6.07, 6.45) is 4.84. The number of anilines is 1. The molecule has 2 aromatic heterocycles. The van der Waals surface area contributed by atoms with Crippen LogP contribution in [-0.4, -0.2) is 19.7 Å². The van der Waals surface area contributed by atoms with Gasteiger partial charge in [0.25, 0.3) is 0 Å². The van der Waals surface area contributed by atoms with E-state index in [0.717, 1.165) is 38.2 Å². The molecule has 0 amide bonds. The Bertz CT molecular complexity index is 1340. The van der Waals surface area contributed by atoms with E-state index in [1.165, 1.54) is 0 Å². The predicted octanol–water partition coefficient (Wildman–Crippen LogP) is 5.65. The molecule has 0 aliphatic carbocycles. The third-order valence-corrected chi connectivity index (χ3v) is 6.26. The van der Waals surface area contributed by atoms with Crippen molar-refractivity contribution in [2.45, 2.75) is 12.1 Å². The Hall–Kier alpha value is -3.16. The number of halogens is 2. The molecule has 0 unspecified atom stereocenters. The van der Waals surface area contributed by atoms with Gasteiger partial charge in [-0.25, -0.2) is 4.68 Å². The zero-order valence-electron chi connectivity index (χ0n) is 16.0. The Balaban J connectivity index is 1.65. The van der Waals surface area contributed by atoms with E-state index >= 15 is 0 Å². The average molecular weight is 493 g/mol. The minimum absolute atomic E-state index is 0.237. The number of rotatable bonds is 2. The summed E-state index contributed by atoms with van der Waals surface area (Å²) in [4.78, 5) is 8.79. The monoisotopic (exact) mass is 491 g/mol. The highest BCUT2D eigenvalue weighted by Gasteiger charge is 2.41. The maximum absolute atomic E-state index is 6.58. The second-order valence-corrected chi connectivity index (χ2v) is 8.72. The first kappa shape index (κ1) is 18.6. The molecule has 2 aliphatic heterocycles. The number of ether oxygens (including phenoxy) is 1. The summed E-state index contributed by atoms with van der Waals surface area (Å²) < 4.78 is 9.44. The lowest BCUT2D eigenvalue weighted by Crippen LogP contribution is -2.32. The molecule has 0 saturated carbocycles. The van der Waals surface area contributed by atoms with Crippen LogP contribution in [0.5, 0.6) is 5.75 Å². The highest BCUT2D eigenvalue weighted by atomic mass is 79.9. The minimum atomic E-state index is -0.337. The first-order chi connectivity index (χ1) is 15.2. The van der Waals surface area contributed by atoms with Gasteiger partial charge in [-0.3, -0.25) is 4.98 Å². The molecule has 4 aromatic rings. The maximum atomic E-state index is 6.58. The van der Waals surface area contributed by atoms with Gasteiger partial charge in [0.2, 0.25) is 5.95 Å². The van der Waals surface area contributed by atoms with Gasteiger partial charge < -0.3 is 10.1 Å². The Morgan fingerprint density at radius 1 is 1.06 bits per heavy atom. The molecule has 2 atom stereocenters. The van der Waals surface area contributed by atoms with Gasteiger partial charge in [-0.1, -0.05) is 45.7 Å². The second kappa shape index (κ2) is 7.21. The number of hydrogen-bond donors (Lipinski definition) is 1. The first-order valence-electron chi connectivity index (χ1n) is 9.71. The van der Waals surface area contributed by atoms with Gasteiger partial charge in [-0.05, 0) is 47.5 Å². The third kappa shape index (κ3) is 3.04. The Kier molecular flexibility index (Phi) is 4.33. The Labute approximate surface area is 191 Å². The number of aromatic nitrogens is 4.